The van der Waals surface area contributed by atoms with Crippen LogP contribution in [0.15, 0.2) is 79.4 Å². The van der Waals surface area contributed by atoms with Gasteiger partial charge in [0.25, 0.3) is 0 Å². The zero-order valence-corrected chi connectivity index (χ0v) is 21.2. The molecule has 7 heteroatoms. The van der Waals surface area contributed by atoms with E-state index in [9.17, 15) is 0 Å². The molecule has 1 fully saturated rings. The van der Waals surface area contributed by atoms with Gasteiger partial charge in [0.15, 0.2) is 0 Å². The van der Waals surface area contributed by atoms with Crippen molar-refractivity contribution >= 4 is 27.6 Å². The zero-order chi connectivity index (χ0) is 25.3. The van der Waals surface area contributed by atoms with Gasteiger partial charge in [-0.15, -0.1) is 0 Å². The third-order valence-electron chi connectivity index (χ3n) is 7.54. The number of aromatic amines is 2. The van der Waals surface area contributed by atoms with Gasteiger partial charge in [0.05, 0.1) is 23.1 Å². The fraction of sp³-hybridized carbons (Fsp3) is 0.226. The number of fused-ring (bicyclic) bond motifs is 2. The predicted octanol–water partition coefficient (Wildman–Crippen LogP) is 6.34. The number of nitrogens with zero attached hydrogens (tertiary/aromatic N) is 5. The Labute approximate surface area is 221 Å². The van der Waals surface area contributed by atoms with E-state index in [-0.39, 0.29) is 0 Å². The van der Waals surface area contributed by atoms with Gasteiger partial charge in [-0.3, -0.25) is 15.1 Å². The Kier molecular flexibility index (Phi) is 5.81. The number of anilines is 1. The lowest BCUT2D eigenvalue weighted by atomic mass is 10.0. The maximum absolute atomic E-state index is 4.72. The first-order valence-corrected chi connectivity index (χ1v) is 13.4. The van der Waals surface area contributed by atoms with Crippen molar-refractivity contribution in [2.75, 3.05) is 18.0 Å². The molecule has 5 aromatic heterocycles. The molecule has 0 aliphatic carbocycles. The van der Waals surface area contributed by atoms with Crippen molar-refractivity contribution in [3.05, 3.63) is 90.5 Å². The third kappa shape index (κ3) is 4.30. The number of H-pyrrole nitrogens is 2. The summed E-state index contributed by atoms with van der Waals surface area (Å²) in [5.74, 6) is 0. The van der Waals surface area contributed by atoms with Crippen molar-refractivity contribution in [1.82, 2.24) is 30.1 Å². The van der Waals surface area contributed by atoms with E-state index in [2.05, 4.69) is 84.6 Å². The van der Waals surface area contributed by atoms with Crippen LogP contribution in [0.2, 0.25) is 0 Å². The van der Waals surface area contributed by atoms with Crippen LogP contribution in [0.3, 0.4) is 0 Å². The smallest absolute Gasteiger partial charge is 0.139 e. The number of piperidine rings is 1. The highest BCUT2D eigenvalue weighted by molar-refractivity contribution is 5.99. The number of hydrogen-bond acceptors (Lipinski definition) is 5. The van der Waals surface area contributed by atoms with E-state index in [1.807, 2.05) is 24.8 Å². The summed E-state index contributed by atoms with van der Waals surface area (Å²) in [6.07, 6.45) is 13.3. The Morgan fingerprint density at radius 3 is 2.55 bits per heavy atom. The van der Waals surface area contributed by atoms with Gasteiger partial charge < -0.3 is 9.88 Å². The van der Waals surface area contributed by atoms with Crippen molar-refractivity contribution in [1.29, 1.82) is 0 Å². The molecule has 6 heterocycles. The Morgan fingerprint density at radius 1 is 0.789 bits per heavy atom. The first-order chi connectivity index (χ1) is 18.8. The molecule has 6 aromatic rings. The lowest BCUT2D eigenvalue weighted by Crippen LogP contribution is -2.29. The summed E-state index contributed by atoms with van der Waals surface area (Å²) in [6, 6.07) is 19.2. The summed E-state index contributed by atoms with van der Waals surface area (Å²) in [7, 11) is 0. The highest BCUT2D eigenvalue weighted by atomic mass is 15.1. The van der Waals surface area contributed by atoms with Gasteiger partial charge in [0.1, 0.15) is 11.3 Å². The lowest BCUT2D eigenvalue weighted by molar-refractivity contribution is 0.579. The molecular formula is C31H29N7. The van der Waals surface area contributed by atoms with Crippen LogP contribution in [0.1, 0.15) is 30.4 Å². The molecule has 1 aliphatic heterocycles. The monoisotopic (exact) mass is 499 g/mol. The second kappa shape index (κ2) is 9.74. The van der Waals surface area contributed by atoms with Crippen LogP contribution in [0.5, 0.6) is 0 Å². The molecule has 1 aromatic carbocycles. The van der Waals surface area contributed by atoms with E-state index < -0.39 is 0 Å². The van der Waals surface area contributed by atoms with Crippen molar-refractivity contribution in [2.24, 2.45) is 0 Å². The summed E-state index contributed by atoms with van der Waals surface area (Å²) in [6.45, 7) is 2.19. The molecule has 7 rings (SSSR count). The maximum Gasteiger partial charge on any atom is 0.139 e. The highest BCUT2D eigenvalue weighted by Gasteiger charge is 2.18. The fourth-order valence-corrected chi connectivity index (χ4v) is 5.53. The zero-order valence-electron chi connectivity index (χ0n) is 21.2. The van der Waals surface area contributed by atoms with Crippen LogP contribution in [0.25, 0.3) is 44.6 Å². The highest BCUT2D eigenvalue weighted by Crippen LogP contribution is 2.34. The summed E-state index contributed by atoms with van der Waals surface area (Å²) in [5, 5.41) is 9.99. The number of pyridine rings is 3. The molecule has 0 amide bonds. The quantitative estimate of drug-likeness (QED) is 0.279. The Balaban J connectivity index is 1.22. The molecular weight excluding hydrogens is 470 g/mol. The molecule has 1 saturated heterocycles. The van der Waals surface area contributed by atoms with Gasteiger partial charge >= 0.3 is 0 Å². The van der Waals surface area contributed by atoms with Gasteiger partial charge in [-0.25, -0.2) is 4.98 Å². The SMILES string of the molecule is c1ccc(CCc2cncc(-c3cc4c(-c5cc6c(N7CCCCC7)ccnc6[nH]5)n[nH]c4cn3)c2)cc1. The van der Waals surface area contributed by atoms with Gasteiger partial charge in [-0.2, -0.15) is 5.10 Å². The Hall–Kier alpha value is -4.52. The molecule has 2 N–H and O–H groups in total. The van der Waals surface area contributed by atoms with Crippen molar-refractivity contribution < 1.29 is 0 Å². The summed E-state index contributed by atoms with van der Waals surface area (Å²) in [5.41, 5.74) is 9.30. The summed E-state index contributed by atoms with van der Waals surface area (Å²) in [4.78, 5) is 19.9. The van der Waals surface area contributed by atoms with E-state index in [0.29, 0.717) is 0 Å². The molecule has 38 heavy (non-hydrogen) atoms. The van der Waals surface area contributed by atoms with Crippen molar-refractivity contribution in [3.8, 4) is 22.6 Å². The minimum absolute atomic E-state index is 0.874. The maximum atomic E-state index is 4.72. The van der Waals surface area contributed by atoms with E-state index in [4.69, 9.17) is 4.98 Å². The second-order valence-corrected chi connectivity index (χ2v) is 10.1. The second-order valence-electron chi connectivity index (χ2n) is 10.1. The largest absolute Gasteiger partial charge is 0.371 e. The molecule has 0 radical (unpaired) electrons. The number of aromatic nitrogens is 6. The molecule has 0 unspecified atom stereocenters. The number of nitrogens with one attached hydrogen (secondary N) is 2. The van der Waals surface area contributed by atoms with Crippen molar-refractivity contribution in [3.63, 3.8) is 0 Å². The average Bonchev–Trinajstić information content (AvgIpc) is 3.61. The Bertz CT molecular complexity index is 1710. The fourth-order valence-electron chi connectivity index (χ4n) is 5.53. The first-order valence-electron chi connectivity index (χ1n) is 13.4. The standard InChI is InChI=1S/C31H29N7/c1-3-7-21(8-4-1)9-10-22-15-23(19-32-18-22)26-16-24-28(20-34-26)36-37-30(24)27-17-25-29(11-12-33-31(25)35-27)38-13-5-2-6-14-38/h1,3-4,7-8,11-12,15-20H,2,5-6,9-10,13-14H2,(H,33,35)(H,36,37). The average molecular weight is 500 g/mol. The molecule has 1 aliphatic rings. The van der Waals surface area contributed by atoms with E-state index in [1.54, 1.807) is 0 Å². The van der Waals surface area contributed by atoms with Crippen LogP contribution in [-0.2, 0) is 12.8 Å². The number of hydrogen-bond donors (Lipinski definition) is 2. The van der Waals surface area contributed by atoms with Crippen LogP contribution in [0.4, 0.5) is 5.69 Å². The van der Waals surface area contributed by atoms with Gasteiger partial charge in [0, 0.05) is 53.7 Å². The predicted molar refractivity (Wildman–Crippen MR) is 152 cm³/mol. The van der Waals surface area contributed by atoms with Crippen LogP contribution in [-0.4, -0.2) is 43.2 Å². The molecule has 0 atom stereocenters. The number of aryl methyl sites for hydroxylation is 2. The number of benzene rings is 1. The molecule has 0 spiro atoms. The minimum Gasteiger partial charge on any atom is -0.371 e. The topological polar surface area (TPSA) is 86.4 Å². The first kappa shape index (κ1) is 22.7. The normalized spacial score (nSPS) is 13.9. The summed E-state index contributed by atoms with van der Waals surface area (Å²) >= 11 is 0. The molecule has 0 bridgehead atoms. The van der Waals surface area contributed by atoms with E-state index in [0.717, 1.165) is 70.5 Å². The van der Waals surface area contributed by atoms with E-state index >= 15 is 0 Å². The van der Waals surface area contributed by atoms with Gasteiger partial charge in [-0.1, -0.05) is 30.3 Å². The minimum atomic E-state index is 0.874. The van der Waals surface area contributed by atoms with Crippen LogP contribution >= 0.6 is 0 Å². The Morgan fingerprint density at radius 2 is 1.66 bits per heavy atom. The van der Waals surface area contributed by atoms with Crippen molar-refractivity contribution in [2.45, 2.75) is 32.1 Å². The molecule has 0 saturated carbocycles. The number of rotatable bonds is 6. The molecule has 188 valence electrons. The van der Waals surface area contributed by atoms with E-state index in [1.165, 1.54) is 36.1 Å². The van der Waals surface area contributed by atoms with Crippen LogP contribution < -0.4 is 4.90 Å². The van der Waals surface area contributed by atoms with Gasteiger partial charge in [-0.05, 0) is 67.5 Å². The van der Waals surface area contributed by atoms with Crippen LogP contribution in [0, 0.1) is 0 Å². The summed E-state index contributed by atoms with van der Waals surface area (Å²) < 4.78 is 0. The van der Waals surface area contributed by atoms with Gasteiger partial charge in [0.2, 0.25) is 0 Å². The third-order valence-corrected chi connectivity index (χ3v) is 7.54. The molecule has 7 nitrogen and oxygen atoms in total. The lowest BCUT2D eigenvalue weighted by Gasteiger charge is -2.29.